The number of nitrogens with zero attached hydrogens (tertiary/aromatic N) is 3. The molecule has 2 aliphatic rings. The Morgan fingerprint density at radius 3 is 2.69 bits per heavy atom. The van der Waals surface area contributed by atoms with Crippen LogP contribution < -0.4 is 5.73 Å². The second kappa shape index (κ2) is 7.52. The van der Waals surface area contributed by atoms with E-state index in [0.717, 1.165) is 29.5 Å². The Bertz CT molecular complexity index is 1310. The van der Waals surface area contributed by atoms with Crippen molar-refractivity contribution in [1.29, 1.82) is 0 Å². The van der Waals surface area contributed by atoms with Crippen LogP contribution in [0.2, 0.25) is 0 Å². The number of pyridine rings is 1. The van der Waals surface area contributed by atoms with Gasteiger partial charge >= 0.3 is 0 Å². The van der Waals surface area contributed by atoms with Crippen LogP contribution in [0.3, 0.4) is 0 Å². The summed E-state index contributed by atoms with van der Waals surface area (Å²) < 4.78 is 25.0. The molecule has 0 amide bonds. The number of hydrogen-bond donors (Lipinski definition) is 1. The number of Topliss-reactive ketones (excluding diaryl/α,β-unsaturated/α-hetero) is 1. The number of sulfone groups is 1. The van der Waals surface area contributed by atoms with Gasteiger partial charge in [-0.2, -0.15) is 0 Å². The highest BCUT2D eigenvalue weighted by molar-refractivity contribution is 7.93. The van der Waals surface area contributed by atoms with Crippen LogP contribution in [0.1, 0.15) is 59.4 Å². The lowest BCUT2D eigenvalue weighted by Crippen LogP contribution is -2.56. The van der Waals surface area contributed by atoms with Gasteiger partial charge in [-0.25, -0.2) is 13.3 Å². The zero-order valence-corrected chi connectivity index (χ0v) is 19.3. The maximum atomic E-state index is 13.1. The predicted molar refractivity (Wildman–Crippen MR) is 124 cm³/mol. The Kier molecular flexibility index (Phi) is 5.21. The maximum absolute atomic E-state index is 13.1. The third-order valence-electron chi connectivity index (χ3n) is 6.69. The molecular weight excluding hydrogens is 424 g/mol. The molecule has 2 N–H and O–H groups in total. The Balaban J connectivity index is 1.73. The minimum Gasteiger partial charge on any atom is -0.386 e. The largest absolute Gasteiger partial charge is 0.386 e. The first kappa shape index (κ1) is 22.2. The van der Waals surface area contributed by atoms with Gasteiger partial charge in [-0.15, -0.1) is 0 Å². The quantitative estimate of drug-likeness (QED) is 0.569. The van der Waals surface area contributed by atoms with Crippen LogP contribution in [-0.2, 0) is 28.2 Å². The van der Waals surface area contributed by atoms with E-state index in [9.17, 15) is 13.2 Å². The van der Waals surface area contributed by atoms with Crippen molar-refractivity contribution in [3.63, 3.8) is 0 Å². The van der Waals surface area contributed by atoms with Crippen molar-refractivity contribution < 1.29 is 13.2 Å². The molecule has 1 aliphatic carbocycles. The monoisotopic (exact) mass is 450 g/mol. The van der Waals surface area contributed by atoms with Gasteiger partial charge in [0.15, 0.2) is 15.6 Å². The number of amidine groups is 1. The van der Waals surface area contributed by atoms with Crippen LogP contribution in [0.5, 0.6) is 0 Å². The molecule has 166 valence electrons. The molecule has 0 saturated heterocycles. The van der Waals surface area contributed by atoms with Gasteiger partial charge in [-0.3, -0.25) is 14.8 Å². The second-order valence-corrected chi connectivity index (χ2v) is 11.8. The van der Waals surface area contributed by atoms with Crippen LogP contribution in [0.25, 0.3) is 4.85 Å². The van der Waals surface area contributed by atoms with E-state index in [0.29, 0.717) is 23.4 Å². The molecule has 32 heavy (non-hydrogen) atoms. The Morgan fingerprint density at radius 2 is 2.03 bits per heavy atom. The second-order valence-electron chi connectivity index (χ2n) is 9.21. The minimum absolute atomic E-state index is 0.0865. The summed E-state index contributed by atoms with van der Waals surface area (Å²) in [5, 5.41) is 0. The summed E-state index contributed by atoms with van der Waals surface area (Å²) in [6, 6.07) is 7.45. The molecule has 2 heterocycles. The zero-order chi connectivity index (χ0) is 23.3. The number of carbonyl (C=O) groups is 1. The van der Waals surface area contributed by atoms with Gasteiger partial charge in [0.1, 0.15) is 21.8 Å². The fraction of sp³-hybridized carbons (Fsp3) is 0.417. The molecule has 2 aromatic rings. The summed E-state index contributed by atoms with van der Waals surface area (Å²) in [6.45, 7) is 12.0. The Labute approximate surface area is 188 Å². The first-order valence-electron chi connectivity index (χ1n) is 10.6. The minimum atomic E-state index is -3.51. The molecule has 8 heteroatoms. The van der Waals surface area contributed by atoms with Crippen LogP contribution in [-0.4, -0.2) is 35.5 Å². The molecule has 0 saturated carbocycles. The van der Waals surface area contributed by atoms with Gasteiger partial charge in [0.2, 0.25) is 5.69 Å². The molecule has 7 nitrogen and oxygen atoms in total. The highest BCUT2D eigenvalue weighted by Crippen LogP contribution is 2.45. The normalized spacial score (nSPS) is 23.1. The number of hydrogen-bond acceptors (Lipinski definition) is 6. The average Bonchev–Trinajstić information content (AvgIpc) is 2.72. The van der Waals surface area contributed by atoms with Crippen molar-refractivity contribution >= 4 is 27.1 Å². The molecule has 1 aromatic carbocycles. The highest BCUT2D eigenvalue weighted by Gasteiger charge is 2.51. The molecular formula is C24H26N4O3S. The smallest absolute Gasteiger partial charge is 0.205 e. The van der Waals surface area contributed by atoms with Crippen LogP contribution in [0, 0.1) is 13.5 Å². The lowest BCUT2D eigenvalue weighted by atomic mass is 9.76. The highest BCUT2D eigenvalue weighted by atomic mass is 32.2. The summed E-state index contributed by atoms with van der Waals surface area (Å²) in [5.41, 5.74) is 9.35. The van der Waals surface area contributed by atoms with Gasteiger partial charge < -0.3 is 5.73 Å². The SMILES string of the molecule is [C-]#[N+]c1cnc(C(=O)Cc2ccc3c(c2)[C@]2(CCC3)CS(=O)(=O)C(C)(C)C(N)=N2)c(C)c1. The number of carbonyl (C=O) groups excluding carboxylic acids is 1. The summed E-state index contributed by atoms with van der Waals surface area (Å²) in [4.78, 5) is 25.2. The molecule has 1 atom stereocenters. The number of aliphatic imine (C=N–C) groups is 1. The number of ketones is 1. The lowest BCUT2D eigenvalue weighted by molar-refractivity contribution is 0.0987. The van der Waals surface area contributed by atoms with E-state index in [1.165, 1.54) is 6.20 Å². The van der Waals surface area contributed by atoms with Crippen molar-refractivity contribution in [3.8, 4) is 0 Å². The standard InChI is InChI=1S/C24H26N4O3S/c1-15-10-18(26-4)13-27-21(15)20(29)12-16-7-8-17-6-5-9-24(19(17)11-16)14-32(30,31)23(2,3)22(25)28-24/h7-8,10-11,13H,5-6,9,12,14H2,1-3H3,(H2,25,28)/t24-/m0/s1. The molecule has 0 bridgehead atoms. The van der Waals surface area contributed by atoms with Crippen molar-refractivity contribution in [2.24, 2.45) is 10.7 Å². The van der Waals surface area contributed by atoms with Crippen molar-refractivity contribution in [3.05, 3.63) is 69.8 Å². The third-order valence-corrected chi connectivity index (χ3v) is 9.31. The van der Waals surface area contributed by atoms with Gasteiger partial charge in [0, 0.05) is 12.6 Å². The third kappa shape index (κ3) is 3.51. The fourth-order valence-electron chi connectivity index (χ4n) is 4.59. The fourth-order valence-corrected chi connectivity index (χ4v) is 6.31. The zero-order valence-electron chi connectivity index (χ0n) is 18.5. The number of aromatic nitrogens is 1. The van der Waals surface area contributed by atoms with Crippen molar-refractivity contribution in [2.45, 2.75) is 56.7 Å². The molecule has 4 rings (SSSR count). The van der Waals surface area contributed by atoms with Crippen LogP contribution in [0.4, 0.5) is 5.69 Å². The summed E-state index contributed by atoms with van der Waals surface area (Å²) in [7, 11) is -3.51. The number of fused-ring (bicyclic) bond motifs is 2. The number of aryl methyl sites for hydroxylation is 2. The molecule has 1 aliphatic heterocycles. The topological polar surface area (TPSA) is 107 Å². The molecule has 0 unspecified atom stereocenters. The van der Waals surface area contributed by atoms with Gasteiger partial charge in [0.25, 0.3) is 0 Å². The van der Waals surface area contributed by atoms with Crippen LogP contribution >= 0.6 is 0 Å². The molecule has 0 fully saturated rings. The van der Waals surface area contributed by atoms with Gasteiger partial charge in [-0.05, 0) is 68.4 Å². The first-order chi connectivity index (χ1) is 15.0. The van der Waals surface area contributed by atoms with E-state index in [4.69, 9.17) is 17.3 Å². The van der Waals surface area contributed by atoms with Crippen LogP contribution in [0.15, 0.2) is 35.5 Å². The summed E-state index contributed by atoms with van der Waals surface area (Å²) in [5.74, 6) is -0.0984. The van der Waals surface area contributed by atoms with Crippen molar-refractivity contribution in [1.82, 2.24) is 4.98 Å². The van der Waals surface area contributed by atoms with E-state index in [2.05, 4.69) is 9.83 Å². The van der Waals surface area contributed by atoms with Gasteiger partial charge in [0.05, 0.1) is 12.3 Å². The molecule has 1 aromatic heterocycles. The maximum Gasteiger partial charge on any atom is 0.205 e. The van der Waals surface area contributed by atoms with E-state index >= 15 is 0 Å². The Morgan fingerprint density at radius 1 is 1.28 bits per heavy atom. The molecule has 0 radical (unpaired) electrons. The van der Waals surface area contributed by atoms with E-state index < -0.39 is 20.1 Å². The first-order valence-corrected chi connectivity index (χ1v) is 12.2. The predicted octanol–water partition coefficient (Wildman–Crippen LogP) is 3.46. The number of nitrogens with two attached hydrogens (primary N) is 1. The summed E-state index contributed by atoms with van der Waals surface area (Å²) in [6.07, 6.45) is 3.80. The summed E-state index contributed by atoms with van der Waals surface area (Å²) >= 11 is 0. The van der Waals surface area contributed by atoms with E-state index in [-0.39, 0.29) is 23.8 Å². The van der Waals surface area contributed by atoms with E-state index in [1.807, 2.05) is 18.2 Å². The number of rotatable bonds is 3. The number of benzene rings is 1. The van der Waals surface area contributed by atoms with Crippen molar-refractivity contribution in [2.75, 3.05) is 5.75 Å². The lowest BCUT2D eigenvalue weighted by Gasteiger charge is -2.43. The van der Waals surface area contributed by atoms with Gasteiger partial charge in [-0.1, -0.05) is 18.2 Å². The van der Waals surface area contributed by atoms with E-state index in [1.54, 1.807) is 26.8 Å². The Hall–Kier alpha value is -3.05. The average molecular weight is 451 g/mol. The molecule has 1 spiro atoms.